The van der Waals surface area contributed by atoms with Crippen LogP contribution in [0, 0.1) is 6.92 Å². The molecule has 0 atom stereocenters. The molecule has 2 aromatic rings. The third-order valence-electron chi connectivity index (χ3n) is 1.82. The predicted molar refractivity (Wildman–Crippen MR) is 54.1 cm³/mol. The Morgan fingerprint density at radius 1 is 1.50 bits per heavy atom. The van der Waals surface area contributed by atoms with Gasteiger partial charge in [0.1, 0.15) is 5.56 Å². The molecule has 0 radical (unpaired) electrons. The van der Waals surface area contributed by atoms with Gasteiger partial charge in [-0.2, -0.15) is 0 Å². The Kier molecular flexibility index (Phi) is 2.50. The zero-order chi connectivity index (χ0) is 11.5. The van der Waals surface area contributed by atoms with Crippen LogP contribution < -0.4 is 10.7 Å². The summed E-state index contributed by atoms with van der Waals surface area (Å²) < 4.78 is 4.95. The van der Waals surface area contributed by atoms with Gasteiger partial charge in [-0.25, -0.2) is 0 Å². The fraction of sp³-hybridized carbons (Fsp3) is 0.111. The van der Waals surface area contributed by atoms with Crippen LogP contribution in [-0.4, -0.2) is 21.1 Å². The summed E-state index contributed by atoms with van der Waals surface area (Å²) in [5, 5.41) is 9.44. The molecule has 0 spiro atoms. The van der Waals surface area contributed by atoms with E-state index in [2.05, 4.69) is 20.5 Å². The Morgan fingerprint density at radius 2 is 2.31 bits per heavy atom. The van der Waals surface area contributed by atoms with Crippen molar-refractivity contribution in [2.24, 2.45) is 0 Å². The minimum Gasteiger partial charge on any atom is -0.408 e. The van der Waals surface area contributed by atoms with E-state index in [0.717, 1.165) is 0 Å². The number of rotatable bonds is 2. The van der Waals surface area contributed by atoms with Crippen molar-refractivity contribution in [3.8, 4) is 0 Å². The normalized spacial score (nSPS) is 10.1. The van der Waals surface area contributed by atoms with E-state index >= 15 is 0 Å². The third kappa shape index (κ3) is 1.97. The van der Waals surface area contributed by atoms with Gasteiger partial charge in [0, 0.05) is 25.4 Å². The Morgan fingerprint density at radius 3 is 2.94 bits per heavy atom. The van der Waals surface area contributed by atoms with Crippen molar-refractivity contribution in [1.82, 2.24) is 15.2 Å². The molecule has 0 aliphatic rings. The monoisotopic (exact) mass is 220 g/mol. The first kappa shape index (κ1) is 10.1. The van der Waals surface area contributed by atoms with Crippen molar-refractivity contribution < 1.29 is 9.21 Å². The topological polar surface area (TPSA) is 101 Å². The van der Waals surface area contributed by atoms with Crippen molar-refractivity contribution >= 4 is 11.9 Å². The van der Waals surface area contributed by atoms with Gasteiger partial charge in [0.15, 0.2) is 5.43 Å². The average molecular weight is 220 g/mol. The molecule has 0 bridgehead atoms. The van der Waals surface area contributed by atoms with E-state index in [9.17, 15) is 9.59 Å². The molecular weight excluding hydrogens is 212 g/mol. The van der Waals surface area contributed by atoms with E-state index < -0.39 is 5.91 Å². The Balaban J connectivity index is 2.21. The van der Waals surface area contributed by atoms with Crippen LogP contribution in [0.5, 0.6) is 0 Å². The minimum absolute atomic E-state index is 0.0154. The Bertz CT molecular complexity index is 572. The molecule has 2 rings (SSSR count). The SMILES string of the molecule is Cc1nnc(NC(=O)c2c[nH]ccc2=O)o1. The lowest BCUT2D eigenvalue weighted by Crippen LogP contribution is -2.20. The number of aromatic nitrogens is 3. The maximum Gasteiger partial charge on any atom is 0.322 e. The standard InChI is InChI=1S/C9H8N4O3/c1-5-12-13-9(16-5)11-8(15)6-4-10-3-2-7(6)14/h2-4H,1H3,(H,10,14)(H,11,13,15). The molecule has 0 unspecified atom stereocenters. The summed E-state index contributed by atoms with van der Waals surface area (Å²) >= 11 is 0. The fourth-order valence-corrected chi connectivity index (χ4v) is 1.11. The third-order valence-corrected chi connectivity index (χ3v) is 1.82. The quantitative estimate of drug-likeness (QED) is 0.758. The van der Waals surface area contributed by atoms with Crippen molar-refractivity contribution in [3.63, 3.8) is 0 Å². The number of H-pyrrole nitrogens is 1. The first-order valence-electron chi connectivity index (χ1n) is 4.45. The molecule has 0 aliphatic heterocycles. The molecule has 0 saturated heterocycles. The first-order valence-corrected chi connectivity index (χ1v) is 4.45. The molecule has 0 fully saturated rings. The van der Waals surface area contributed by atoms with Crippen LogP contribution in [-0.2, 0) is 0 Å². The molecule has 7 nitrogen and oxygen atoms in total. The number of hydrogen-bond donors (Lipinski definition) is 2. The second-order valence-electron chi connectivity index (χ2n) is 3.00. The second-order valence-corrected chi connectivity index (χ2v) is 3.00. The predicted octanol–water partition coefficient (Wildman–Crippen LogP) is 0.319. The van der Waals surface area contributed by atoms with E-state index in [-0.39, 0.29) is 17.0 Å². The van der Waals surface area contributed by atoms with Gasteiger partial charge in [-0.1, -0.05) is 5.10 Å². The van der Waals surface area contributed by atoms with Crippen LogP contribution in [0.2, 0.25) is 0 Å². The fourth-order valence-electron chi connectivity index (χ4n) is 1.11. The van der Waals surface area contributed by atoms with Crippen molar-refractivity contribution in [3.05, 3.63) is 40.1 Å². The number of aryl methyl sites for hydroxylation is 1. The van der Waals surface area contributed by atoms with Crippen molar-refractivity contribution in [1.29, 1.82) is 0 Å². The van der Waals surface area contributed by atoms with E-state index in [1.807, 2.05) is 0 Å². The highest BCUT2D eigenvalue weighted by molar-refractivity contribution is 6.02. The minimum atomic E-state index is -0.592. The van der Waals surface area contributed by atoms with E-state index in [4.69, 9.17) is 4.42 Å². The lowest BCUT2D eigenvalue weighted by atomic mass is 10.2. The number of carbonyl (C=O) groups excluding carboxylic acids is 1. The number of hydrogen-bond acceptors (Lipinski definition) is 5. The average Bonchev–Trinajstić information content (AvgIpc) is 2.64. The van der Waals surface area contributed by atoms with Gasteiger partial charge in [0.2, 0.25) is 5.89 Å². The van der Waals surface area contributed by atoms with E-state index in [1.54, 1.807) is 6.92 Å². The number of amides is 1. The first-order chi connectivity index (χ1) is 7.66. The van der Waals surface area contributed by atoms with Gasteiger partial charge in [0.25, 0.3) is 5.91 Å². The largest absolute Gasteiger partial charge is 0.408 e. The number of pyridine rings is 1. The highest BCUT2D eigenvalue weighted by atomic mass is 16.4. The van der Waals surface area contributed by atoms with Gasteiger partial charge in [0.05, 0.1) is 0 Å². The Hall–Kier alpha value is -2.44. The van der Waals surface area contributed by atoms with Crippen molar-refractivity contribution in [2.45, 2.75) is 6.92 Å². The summed E-state index contributed by atoms with van der Waals surface area (Å²) in [5.41, 5.74) is -0.397. The summed E-state index contributed by atoms with van der Waals surface area (Å²) in [6.45, 7) is 1.60. The molecule has 2 heterocycles. The summed E-state index contributed by atoms with van der Waals surface area (Å²) in [7, 11) is 0. The smallest absolute Gasteiger partial charge is 0.322 e. The molecule has 2 N–H and O–H groups in total. The number of aromatic amines is 1. The van der Waals surface area contributed by atoms with Crippen LogP contribution in [0.3, 0.4) is 0 Å². The Labute approximate surface area is 89.5 Å². The van der Waals surface area contributed by atoms with Crippen LogP contribution in [0.4, 0.5) is 6.01 Å². The van der Waals surface area contributed by atoms with E-state index in [0.29, 0.717) is 5.89 Å². The lowest BCUT2D eigenvalue weighted by Gasteiger charge is -1.98. The zero-order valence-electron chi connectivity index (χ0n) is 8.35. The second kappa shape index (κ2) is 3.97. The van der Waals surface area contributed by atoms with Gasteiger partial charge in [-0.15, -0.1) is 5.10 Å². The molecule has 0 aliphatic carbocycles. The summed E-state index contributed by atoms with van der Waals surface area (Å²) in [4.78, 5) is 25.5. The molecule has 1 amide bonds. The number of carbonyl (C=O) groups is 1. The van der Waals surface area contributed by atoms with Gasteiger partial charge < -0.3 is 9.40 Å². The molecule has 2 aromatic heterocycles. The highest BCUT2D eigenvalue weighted by Crippen LogP contribution is 2.04. The van der Waals surface area contributed by atoms with Crippen LogP contribution >= 0.6 is 0 Å². The molecular formula is C9H8N4O3. The van der Waals surface area contributed by atoms with Crippen LogP contribution in [0.25, 0.3) is 0 Å². The summed E-state index contributed by atoms with van der Waals surface area (Å²) in [5.74, 6) is -0.261. The number of nitrogens with one attached hydrogen (secondary N) is 2. The van der Waals surface area contributed by atoms with Gasteiger partial charge >= 0.3 is 6.01 Å². The summed E-state index contributed by atoms with van der Waals surface area (Å²) in [6, 6.07) is 1.22. The summed E-state index contributed by atoms with van der Waals surface area (Å²) in [6.07, 6.45) is 2.75. The molecule has 7 heteroatoms. The highest BCUT2D eigenvalue weighted by Gasteiger charge is 2.12. The maximum absolute atomic E-state index is 11.6. The van der Waals surface area contributed by atoms with E-state index in [1.165, 1.54) is 18.5 Å². The molecule has 16 heavy (non-hydrogen) atoms. The molecule has 82 valence electrons. The van der Waals surface area contributed by atoms with Gasteiger partial charge in [-0.05, 0) is 0 Å². The lowest BCUT2D eigenvalue weighted by molar-refractivity contribution is 0.102. The number of nitrogens with zero attached hydrogens (tertiary/aromatic N) is 2. The molecule has 0 saturated carbocycles. The van der Waals surface area contributed by atoms with Gasteiger partial charge in [-0.3, -0.25) is 14.9 Å². The number of anilines is 1. The van der Waals surface area contributed by atoms with Crippen LogP contribution in [0.15, 0.2) is 27.7 Å². The molecule has 0 aromatic carbocycles. The van der Waals surface area contributed by atoms with Crippen LogP contribution in [0.1, 0.15) is 16.2 Å². The zero-order valence-corrected chi connectivity index (χ0v) is 8.35. The van der Waals surface area contributed by atoms with Crippen molar-refractivity contribution in [2.75, 3.05) is 5.32 Å². The maximum atomic E-state index is 11.6.